The van der Waals surface area contributed by atoms with Gasteiger partial charge in [-0.05, 0) is 41.3 Å². The summed E-state index contributed by atoms with van der Waals surface area (Å²) in [6, 6.07) is 20.7. The summed E-state index contributed by atoms with van der Waals surface area (Å²) in [5.41, 5.74) is 4.95. The average Bonchev–Trinajstić information content (AvgIpc) is 2.84. The van der Waals surface area contributed by atoms with E-state index in [9.17, 15) is 14.9 Å². The number of anilines is 1. The summed E-state index contributed by atoms with van der Waals surface area (Å²) in [5.74, 6) is -0.354. The Kier molecular flexibility index (Phi) is 7.14. The van der Waals surface area contributed by atoms with E-state index in [2.05, 4.69) is 58.7 Å². The van der Waals surface area contributed by atoms with Crippen LogP contribution in [0.1, 0.15) is 33.1 Å². The van der Waals surface area contributed by atoms with E-state index in [0.29, 0.717) is 6.54 Å². The Morgan fingerprint density at radius 2 is 1.82 bits per heavy atom. The van der Waals surface area contributed by atoms with Crippen LogP contribution in [0.2, 0.25) is 5.02 Å². The van der Waals surface area contributed by atoms with Gasteiger partial charge in [0.15, 0.2) is 0 Å². The molecule has 8 heteroatoms. The van der Waals surface area contributed by atoms with Crippen LogP contribution < -0.4 is 10.2 Å². The minimum Gasteiger partial charge on any atom is -0.378 e. The van der Waals surface area contributed by atoms with Crippen LogP contribution in [0.5, 0.6) is 0 Å². The predicted molar refractivity (Wildman–Crippen MR) is 135 cm³/mol. The van der Waals surface area contributed by atoms with Crippen molar-refractivity contribution in [2.45, 2.75) is 19.0 Å². The third kappa shape index (κ3) is 5.21. The fourth-order valence-corrected chi connectivity index (χ4v) is 4.58. The van der Waals surface area contributed by atoms with Crippen molar-refractivity contribution < 1.29 is 9.72 Å². The molecule has 1 heterocycles. The molecule has 0 bridgehead atoms. The zero-order chi connectivity index (χ0) is 24.2. The van der Waals surface area contributed by atoms with E-state index in [1.807, 2.05) is 19.0 Å². The Morgan fingerprint density at radius 1 is 1.12 bits per heavy atom. The zero-order valence-electron chi connectivity index (χ0n) is 19.2. The first-order valence-electron chi connectivity index (χ1n) is 11.1. The third-order valence-corrected chi connectivity index (χ3v) is 6.57. The van der Waals surface area contributed by atoms with E-state index in [-0.39, 0.29) is 28.2 Å². The van der Waals surface area contributed by atoms with Gasteiger partial charge in [-0.15, -0.1) is 0 Å². The predicted octanol–water partition coefficient (Wildman–Crippen LogP) is 4.84. The number of amides is 1. The lowest BCUT2D eigenvalue weighted by molar-refractivity contribution is -0.384. The van der Waals surface area contributed by atoms with E-state index in [1.54, 1.807) is 0 Å². The van der Waals surface area contributed by atoms with Crippen molar-refractivity contribution >= 4 is 28.9 Å². The Bertz CT molecular complexity index is 1200. The molecule has 1 aliphatic heterocycles. The number of carbonyl (C=O) groups excluding carboxylic acids is 1. The van der Waals surface area contributed by atoms with Gasteiger partial charge >= 0.3 is 0 Å². The molecule has 0 fully saturated rings. The van der Waals surface area contributed by atoms with Gasteiger partial charge < -0.3 is 10.2 Å². The van der Waals surface area contributed by atoms with E-state index in [1.165, 1.54) is 29.3 Å². The van der Waals surface area contributed by atoms with Crippen LogP contribution in [-0.2, 0) is 13.0 Å². The standard InChI is InChI=1S/C26H27ClN4O3/c1-29(2)21-9-7-19(8-10-21)25(30-14-13-18-5-3-4-6-20(18)17-30)16-28-26(32)23-12-11-22(31(33)34)15-24(23)27/h3-12,15,25H,13-14,16-17H2,1-2H3,(H,28,32). The minimum atomic E-state index is -0.533. The summed E-state index contributed by atoms with van der Waals surface area (Å²) < 4.78 is 0. The lowest BCUT2D eigenvalue weighted by atomic mass is 9.96. The van der Waals surface area contributed by atoms with Crippen LogP contribution in [0.25, 0.3) is 0 Å². The quantitative estimate of drug-likeness (QED) is 0.388. The number of hydrogen-bond donors (Lipinski definition) is 1. The molecule has 1 aliphatic rings. The van der Waals surface area contributed by atoms with Gasteiger partial charge in [0, 0.05) is 51.5 Å². The molecule has 0 saturated heterocycles. The molecule has 3 aromatic carbocycles. The molecule has 3 aromatic rings. The Labute approximate surface area is 204 Å². The largest absolute Gasteiger partial charge is 0.378 e. The second-order valence-electron chi connectivity index (χ2n) is 8.62. The number of nitrogens with one attached hydrogen (secondary N) is 1. The molecule has 0 aromatic heterocycles. The Hall–Kier alpha value is -3.42. The maximum Gasteiger partial charge on any atom is 0.270 e. The number of hydrogen-bond acceptors (Lipinski definition) is 5. The first-order chi connectivity index (χ1) is 16.3. The fraction of sp³-hybridized carbons (Fsp3) is 0.269. The molecule has 0 aliphatic carbocycles. The smallest absolute Gasteiger partial charge is 0.270 e. The number of benzene rings is 3. The van der Waals surface area contributed by atoms with Gasteiger partial charge in [-0.25, -0.2) is 0 Å². The first kappa shape index (κ1) is 23.7. The summed E-state index contributed by atoms with van der Waals surface area (Å²) in [5, 5.41) is 14.0. The van der Waals surface area contributed by atoms with Crippen LogP contribution in [0.3, 0.4) is 0 Å². The number of non-ortho nitro benzene ring substituents is 1. The SMILES string of the molecule is CN(C)c1ccc(C(CNC(=O)c2ccc([N+](=O)[O-])cc2Cl)N2CCc3ccccc3C2)cc1. The summed E-state index contributed by atoms with van der Waals surface area (Å²) in [6.45, 7) is 2.06. The molecule has 34 heavy (non-hydrogen) atoms. The molecule has 176 valence electrons. The summed E-state index contributed by atoms with van der Waals surface area (Å²) in [6.07, 6.45) is 0.949. The second-order valence-corrected chi connectivity index (χ2v) is 9.03. The van der Waals surface area contributed by atoms with Crippen molar-refractivity contribution in [2.75, 3.05) is 32.1 Å². The number of nitro benzene ring substituents is 1. The van der Waals surface area contributed by atoms with Gasteiger partial charge in [-0.3, -0.25) is 19.8 Å². The number of nitro groups is 1. The second kappa shape index (κ2) is 10.2. The van der Waals surface area contributed by atoms with Gasteiger partial charge in [0.05, 0.1) is 21.6 Å². The summed E-state index contributed by atoms with van der Waals surface area (Å²) in [4.78, 5) is 27.8. The van der Waals surface area contributed by atoms with E-state index in [0.717, 1.165) is 30.8 Å². The van der Waals surface area contributed by atoms with Crippen LogP contribution in [-0.4, -0.2) is 42.9 Å². The van der Waals surface area contributed by atoms with Gasteiger partial charge in [-0.2, -0.15) is 0 Å². The van der Waals surface area contributed by atoms with Gasteiger partial charge in [0.1, 0.15) is 0 Å². The molecule has 1 amide bonds. The monoisotopic (exact) mass is 478 g/mol. The number of fused-ring (bicyclic) bond motifs is 1. The van der Waals surface area contributed by atoms with Gasteiger partial charge in [0.2, 0.25) is 0 Å². The van der Waals surface area contributed by atoms with Crippen LogP contribution in [0.15, 0.2) is 66.7 Å². The summed E-state index contributed by atoms with van der Waals surface area (Å²) in [7, 11) is 4.00. The van der Waals surface area contributed by atoms with Crippen molar-refractivity contribution in [2.24, 2.45) is 0 Å². The average molecular weight is 479 g/mol. The normalized spacial score (nSPS) is 14.2. The molecule has 7 nitrogen and oxygen atoms in total. The Balaban J connectivity index is 1.56. The van der Waals surface area contributed by atoms with E-state index >= 15 is 0 Å². The lowest BCUT2D eigenvalue weighted by Gasteiger charge is -2.36. The van der Waals surface area contributed by atoms with Crippen molar-refractivity contribution in [3.8, 4) is 0 Å². The highest BCUT2D eigenvalue weighted by Crippen LogP contribution is 2.29. The van der Waals surface area contributed by atoms with E-state index < -0.39 is 4.92 Å². The van der Waals surface area contributed by atoms with Crippen LogP contribution in [0, 0.1) is 10.1 Å². The molecule has 0 saturated carbocycles. The Morgan fingerprint density at radius 3 is 2.47 bits per heavy atom. The van der Waals surface area contributed by atoms with Crippen molar-refractivity contribution in [3.63, 3.8) is 0 Å². The summed E-state index contributed by atoms with van der Waals surface area (Å²) >= 11 is 6.17. The number of nitrogens with zero attached hydrogens (tertiary/aromatic N) is 3. The highest BCUT2D eigenvalue weighted by atomic mass is 35.5. The minimum absolute atomic E-state index is 0.0367. The molecule has 1 atom stereocenters. The number of rotatable bonds is 7. The topological polar surface area (TPSA) is 78.7 Å². The van der Waals surface area contributed by atoms with Crippen molar-refractivity contribution in [1.82, 2.24) is 10.2 Å². The number of halogens is 1. The highest BCUT2D eigenvalue weighted by Gasteiger charge is 2.26. The highest BCUT2D eigenvalue weighted by molar-refractivity contribution is 6.34. The molecule has 4 rings (SSSR count). The van der Waals surface area contributed by atoms with Gasteiger partial charge in [0.25, 0.3) is 11.6 Å². The molecular weight excluding hydrogens is 452 g/mol. The van der Waals surface area contributed by atoms with E-state index in [4.69, 9.17) is 11.6 Å². The van der Waals surface area contributed by atoms with Crippen LogP contribution >= 0.6 is 11.6 Å². The zero-order valence-corrected chi connectivity index (χ0v) is 20.0. The maximum atomic E-state index is 12.9. The molecule has 0 radical (unpaired) electrons. The number of carbonyl (C=O) groups is 1. The third-order valence-electron chi connectivity index (χ3n) is 6.26. The maximum absolute atomic E-state index is 12.9. The fourth-order valence-electron chi connectivity index (χ4n) is 4.32. The van der Waals surface area contributed by atoms with Crippen LogP contribution in [0.4, 0.5) is 11.4 Å². The van der Waals surface area contributed by atoms with Gasteiger partial charge in [-0.1, -0.05) is 48.0 Å². The molecule has 1 unspecified atom stereocenters. The molecule has 1 N–H and O–H groups in total. The molecule has 0 spiro atoms. The first-order valence-corrected chi connectivity index (χ1v) is 11.5. The van der Waals surface area contributed by atoms with Crippen molar-refractivity contribution in [1.29, 1.82) is 0 Å². The lowest BCUT2D eigenvalue weighted by Crippen LogP contribution is -2.40. The molecular formula is C26H27ClN4O3. The van der Waals surface area contributed by atoms with Crippen molar-refractivity contribution in [3.05, 3.63) is 104 Å².